The van der Waals surface area contributed by atoms with Crippen molar-refractivity contribution in [3.8, 4) is 0 Å². The Morgan fingerprint density at radius 2 is 1.83 bits per heavy atom. The zero-order valence-electron chi connectivity index (χ0n) is 14.3. The highest BCUT2D eigenvalue weighted by molar-refractivity contribution is 7.09. The maximum atomic E-state index is 10.5. The second-order valence-electron chi connectivity index (χ2n) is 6.22. The van der Waals surface area contributed by atoms with E-state index >= 15 is 0 Å². The van der Waals surface area contributed by atoms with Crippen LogP contribution in [0.3, 0.4) is 0 Å². The normalized spacial score (nSPS) is 14.0. The van der Waals surface area contributed by atoms with Gasteiger partial charge < -0.3 is 10.2 Å². The number of rotatable bonds is 8. The average molecular weight is 335 g/mol. The minimum Gasteiger partial charge on any atom is -0.388 e. The molecule has 23 heavy (non-hydrogen) atoms. The Hall–Kier alpha value is -1.23. The maximum absolute atomic E-state index is 10.5. The number of hydrogen-bond donors (Lipinski definition) is 2. The molecule has 0 fully saturated rings. The predicted octanol–water partition coefficient (Wildman–Crippen LogP) is 3.86. The third-order valence-electron chi connectivity index (χ3n) is 4.28. The SMILES string of the molecule is CCCCCc1ccc(C(O)C[n+]2csc(C(C)O)c2C)cc1. The number of aryl methyl sites for hydroxylation is 1. The quantitative estimate of drug-likeness (QED) is 0.569. The number of aliphatic hydroxyl groups is 2. The fourth-order valence-electron chi connectivity index (χ4n) is 2.78. The van der Waals surface area contributed by atoms with E-state index in [1.807, 2.05) is 29.1 Å². The van der Waals surface area contributed by atoms with Crippen molar-refractivity contribution < 1.29 is 14.8 Å². The molecule has 3 nitrogen and oxygen atoms in total. The minimum atomic E-state index is -0.528. The molecule has 0 saturated heterocycles. The molecule has 1 aromatic carbocycles. The highest BCUT2D eigenvalue weighted by Gasteiger charge is 2.22. The predicted molar refractivity (Wildman–Crippen MR) is 94.5 cm³/mol. The molecule has 126 valence electrons. The van der Waals surface area contributed by atoms with E-state index in [9.17, 15) is 10.2 Å². The van der Waals surface area contributed by atoms with Crippen LogP contribution in [0.5, 0.6) is 0 Å². The lowest BCUT2D eigenvalue weighted by Crippen LogP contribution is -2.37. The van der Waals surface area contributed by atoms with Crippen LogP contribution in [0.1, 0.15) is 67.0 Å². The van der Waals surface area contributed by atoms with Gasteiger partial charge in [0.2, 0.25) is 5.51 Å². The van der Waals surface area contributed by atoms with E-state index in [4.69, 9.17) is 0 Å². The van der Waals surface area contributed by atoms with Crippen LogP contribution < -0.4 is 4.57 Å². The Kier molecular flexibility index (Phi) is 6.75. The van der Waals surface area contributed by atoms with E-state index in [0.717, 1.165) is 22.6 Å². The summed E-state index contributed by atoms with van der Waals surface area (Å²) in [5.74, 6) is 0. The van der Waals surface area contributed by atoms with Crippen molar-refractivity contribution in [1.82, 2.24) is 0 Å². The molecule has 1 heterocycles. The minimum absolute atomic E-state index is 0.458. The van der Waals surface area contributed by atoms with Gasteiger partial charge in [-0.1, -0.05) is 55.4 Å². The molecule has 0 aliphatic carbocycles. The zero-order valence-corrected chi connectivity index (χ0v) is 15.1. The third-order valence-corrected chi connectivity index (χ3v) is 5.53. The second kappa shape index (κ2) is 8.57. The number of nitrogens with zero attached hydrogens (tertiary/aromatic N) is 1. The fourth-order valence-corrected chi connectivity index (χ4v) is 3.75. The van der Waals surface area contributed by atoms with Crippen LogP contribution in [0.2, 0.25) is 0 Å². The van der Waals surface area contributed by atoms with Crippen LogP contribution in [0.15, 0.2) is 29.8 Å². The summed E-state index contributed by atoms with van der Waals surface area (Å²) < 4.78 is 2.02. The van der Waals surface area contributed by atoms with Gasteiger partial charge in [0.15, 0.2) is 12.2 Å². The van der Waals surface area contributed by atoms with Crippen LogP contribution >= 0.6 is 11.3 Å². The van der Waals surface area contributed by atoms with E-state index in [0.29, 0.717) is 6.54 Å². The number of aliphatic hydroxyl groups excluding tert-OH is 2. The molecule has 2 atom stereocenters. The van der Waals surface area contributed by atoms with Crippen molar-refractivity contribution in [2.24, 2.45) is 0 Å². The van der Waals surface area contributed by atoms with Gasteiger partial charge in [-0.2, -0.15) is 4.57 Å². The molecular formula is C19H28NO2S+. The topological polar surface area (TPSA) is 44.3 Å². The summed E-state index contributed by atoms with van der Waals surface area (Å²) >= 11 is 1.54. The Labute approximate surface area is 143 Å². The molecule has 0 aliphatic rings. The molecule has 0 bridgehead atoms. The first-order chi connectivity index (χ1) is 11.0. The van der Waals surface area contributed by atoms with Crippen LogP contribution in [0, 0.1) is 6.92 Å². The average Bonchev–Trinajstić information content (AvgIpc) is 2.89. The van der Waals surface area contributed by atoms with Crippen molar-refractivity contribution in [3.63, 3.8) is 0 Å². The Morgan fingerprint density at radius 3 is 2.39 bits per heavy atom. The number of thiazole rings is 1. The molecule has 2 unspecified atom stereocenters. The standard InChI is InChI=1S/C19H28NO2S/c1-4-5-6-7-16-8-10-17(11-9-16)18(22)12-20-13-23-19(14(20)2)15(3)21/h8-11,13,15,18,21-22H,4-7,12H2,1-3H3/q+1. The number of hydrogen-bond acceptors (Lipinski definition) is 3. The molecule has 0 saturated carbocycles. The lowest BCUT2D eigenvalue weighted by Gasteiger charge is -2.09. The van der Waals surface area contributed by atoms with Gasteiger partial charge in [0.25, 0.3) is 0 Å². The smallest absolute Gasteiger partial charge is 0.225 e. The zero-order chi connectivity index (χ0) is 16.8. The van der Waals surface area contributed by atoms with Crippen LogP contribution in [0.25, 0.3) is 0 Å². The monoisotopic (exact) mass is 334 g/mol. The molecule has 0 radical (unpaired) electrons. The van der Waals surface area contributed by atoms with Gasteiger partial charge in [0.1, 0.15) is 11.0 Å². The van der Waals surface area contributed by atoms with E-state index in [2.05, 4.69) is 19.1 Å². The molecule has 2 rings (SSSR count). The summed E-state index contributed by atoms with van der Waals surface area (Å²) in [5, 5.41) is 20.2. The van der Waals surface area contributed by atoms with Crippen LogP contribution in [-0.4, -0.2) is 10.2 Å². The largest absolute Gasteiger partial charge is 0.388 e. The van der Waals surface area contributed by atoms with Gasteiger partial charge in [0.05, 0.1) is 6.10 Å². The van der Waals surface area contributed by atoms with Gasteiger partial charge in [0, 0.05) is 6.92 Å². The van der Waals surface area contributed by atoms with Crippen LogP contribution in [0.4, 0.5) is 0 Å². The van der Waals surface area contributed by atoms with E-state index in [1.54, 1.807) is 6.92 Å². The first kappa shape index (κ1) is 18.1. The summed E-state index contributed by atoms with van der Waals surface area (Å²) in [7, 11) is 0. The number of aromatic nitrogens is 1. The maximum Gasteiger partial charge on any atom is 0.225 e. The summed E-state index contributed by atoms with van der Waals surface area (Å²) in [6.45, 7) is 6.50. The van der Waals surface area contributed by atoms with Gasteiger partial charge in [-0.25, -0.2) is 0 Å². The number of unbranched alkanes of at least 4 members (excludes halogenated alkanes) is 2. The van der Waals surface area contributed by atoms with Gasteiger partial charge in [-0.05, 0) is 30.9 Å². The highest BCUT2D eigenvalue weighted by atomic mass is 32.1. The first-order valence-electron chi connectivity index (χ1n) is 8.45. The second-order valence-corrected chi connectivity index (χ2v) is 7.10. The lowest BCUT2D eigenvalue weighted by molar-refractivity contribution is -0.706. The first-order valence-corrected chi connectivity index (χ1v) is 9.33. The summed E-state index contributed by atoms with van der Waals surface area (Å²) in [5.41, 5.74) is 5.28. The fraction of sp³-hybridized carbons (Fsp3) is 0.526. The molecule has 4 heteroatoms. The van der Waals surface area contributed by atoms with E-state index in [1.165, 1.54) is 36.2 Å². The lowest BCUT2D eigenvalue weighted by atomic mass is 10.0. The van der Waals surface area contributed by atoms with E-state index in [-0.39, 0.29) is 0 Å². The molecule has 0 amide bonds. The van der Waals surface area contributed by atoms with Crippen molar-refractivity contribution >= 4 is 11.3 Å². The van der Waals surface area contributed by atoms with Crippen molar-refractivity contribution in [3.05, 3.63) is 51.5 Å². The van der Waals surface area contributed by atoms with Crippen molar-refractivity contribution in [1.29, 1.82) is 0 Å². The summed E-state index contributed by atoms with van der Waals surface area (Å²) in [6.07, 6.45) is 3.86. The van der Waals surface area contributed by atoms with E-state index < -0.39 is 12.2 Å². The molecule has 0 spiro atoms. The van der Waals surface area contributed by atoms with Crippen molar-refractivity contribution in [2.45, 2.75) is 65.2 Å². The van der Waals surface area contributed by atoms with Gasteiger partial charge in [-0.3, -0.25) is 0 Å². The molecule has 2 N–H and O–H groups in total. The summed E-state index contributed by atoms with van der Waals surface area (Å²) in [6, 6.07) is 8.31. The van der Waals surface area contributed by atoms with Crippen LogP contribution in [-0.2, 0) is 13.0 Å². The van der Waals surface area contributed by atoms with Gasteiger partial charge >= 0.3 is 0 Å². The molecule has 1 aromatic heterocycles. The number of benzene rings is 1. The molecule has 0 aliphatic heterocycles. The van der Waals surface area contributed by atoms with Crippen molar-refractivity contribution in [2.75, 3.05) is 0 Å². The molecular weight excluding hydrogens is 306 g/mol. The van der Waals surface area contributed by atoms with Gasteiger partial charge in [-0.15, -0.1) is 0 Å². The highest BCUT2D eigenvalue weighted by Crippen LogP contribution is 2.21. The Morgan fingerprint density at radius 1 is 1.13 bits per heavy atom. The summed E-state index contributed by atoms with van der Waals surface area (Å²) in [4.78, 5) is 0.962. The Bertz CT molecular complexity index is 604. The third kappa shape index (κ3) is 4.87. The Balaban J connectivity index is 1.99. The molecule has 2 aromatic rings.